The molecule has 0 N–H and O–H groups in total. The lowest BCUT2D eigenvalue weighted by molar-refractivity contribution is -0.166. The maximum atomic E-state index is 12.7. The highest BCUT2D eigenvalue weighted by atomic mass is 16.6. The Morgan fingerprint density at radius 2 is 0.612 bits per heavy atom. The second-order valence-electron chi connectivity index (χ2n) is 16.7. The van der Waals surface area contributed by atoms with Gasteiger partial charge in [-0.15, -0.1) is 0 Å². The zero-order valence-corrected chi connectivity index (χ0v) is 42.6. The molecule has 1 atom stereocenters. The first-order valence-corrected chi connectivity index (χ1v) is 26.3. The average molecular weight is 923 g/mol. The molecule has 0 radical (unpaired) electrons. The number of carbonyl (C=O) groups is 3. The third kappa shape index (κ3) is 52.1. The zero-order valence-electron chi connectivity index (χ0n) is 42.6. The van der Waals surface area contributed by atoms with E-state index in [2.05, 4.69) is 154 Å². The van der Waals surface area contributed by atoms with Crippen LogP contribution in [0.15, 0.2) is 146 Å². The minimum absolute atomic E-state index is 0.120. The minimum Gasteiger partial charge on any atom is -0.462 e. The highest BCUT2D eigenvalue weighted by Crippen LogP contribution is 2.12. The van der Waals surface area contributed by atoms with Gasteiger partial charge in [0, 0.05) is 19.3 Å². The number of rotatable bonds is 45. The molecule has 0 aromatic rings. The molecular formula is C61H94O6. The molecule has 0 saturated carbocycles. The summed E-state index contributed by atoms with van der Waals surface area (Å²) < 4.78 is 16.6. The van der Waals surface area contributed by atoms with Crippen molar-refractivity contribution in [3.8, 4) is 0 Å². The van der Waals surface area contributed by atoms with Crippen molar-refractivity contribution in [1.82, 2.24) is 0 Å². The van der Waals surface area contributed by atoms with Crippen LogP contribution in [0.25, 0.3) is 0 Å². The second-order valence-corrected chi connectivity index (χ2v) is 16.7. The topological polar surface area (TPSA) is 78.9 Å². The van der Waals surface area contributed by atoms with Gasteiger partial charge in [0.05, 0.1) is 0 Å². The molecule has 0 fully saturated rings. The fraction of sp³-hybridized carbons (Fsp3) is 0.557. The molecule has 0 saturated heterocycles. The summed E-state index contributed by atoms with van der Waals surface area (Å²) >= 11 is 0. The van der Waals surface area contributed by atoms with Crippen LogP contribution in [-0.4, -0.2) is 37.2 Å². The summed E-state index contributed by atoms with van der Waals surface area (Å²) in [7, 11) is 0. The maximum Gasteiger partial charge on any atom is 0.306 e. The molecule has 0 aromatic heterocycles. The molecule has 374 valence electrons. The lowest BCUT2D eigenvalue weighted by Crippen LogP contribution is -2.30. The Labute approximate surface area is 410 Å². The Bertz CT molecular complexity index is 1530. The number of carbonyl (C=O) groups excluding carboxylic acids is 3. The van der Waals surface area contributed by atoms with Crippen LogP contribution in [0.3, 0.4) is 0 Å². The Morgan fingerprint density at radius 1 is 0.313 bits per heavy atom. The molecule has 0 bridgehead atoms. The molecule has 6 heteroatoms. The Balaban J connectivity index is 4.31. The second kappa shape index (κ2) is 53.9. The van der Waals surface area contributed by atoms with Gasteiger partial charge in [-0.1, -0.05) is 218 Å². The third-order valence-electron chi connectivity index (χ3n) is 10.4. The summed E-state index contributed by atoms with van der Waals surface area (Å²) in [5, 5.41) is 0. The van der Waals surface area contributed by atoms with Gasteiger partial charge in [-0.25, -0.2) is 0 Å². The van der Waals surface area contributed by atoms with E-state index in [1.54, 1.807) is 0 Å². The van der Waals surface area contributed by atoms with Gasteiger partial charge in [0.2, 0.25) is 0 Å². The normalized spacial score (nSPS) is 13.3. The summed E-state index contributed by atoms with van der Waals surface area (Å²) in [6.45, 7) is 6.22. The van der Waals surface area contributed by atoms with Gasteiger partial charge in [0.1, 0.15) is 13.2 Å². The summed E-state index contributed by atoms with van der Waals surface area (Å²) in [5.74, 6) is -1.05. The molecule has 6 nitrogen and oxygen atoms in total. The van der Waals surface area contributed by atoms with Gasteiger partial charge in [0.25, 0.3) is 0 Å². The van der Waals surface area contributed by atoms with E-state index in [4.69, 9.17) is 14.2 Å². The molecule has 0 heterocycles. The lowest BCUT2D eigenvalue weighted by Gasteiger charge is -2.18. The van der Waals surface area contributed by atoms with Crippen molar-refractivity contribution >= 4 is 17.9 Å². The molecule has 1 unspecified atom stereocenters. The number of esters is 3. The fourth-order valence-electron chi connectivity index (χ4n) is 6.47. The van der Waals surface area contributed by atoms with Crippen LogP contribution in [0.2, 0.25) is 0 Å². The molecule has 0 aliphatic rings. The van der Waals surface area contributed by atoms with Crippen LogP contribution < -0.4 is 0 Å². The minimum atomic E-state index is -0.827. The number of hydrogen-bond acceptors (Lipinski definition) is 6. The number of allylic oxidation sites excluding steroid dienone is 24. The third-order valence-corrected chi connectivity index (χ3v) is 10.4. The quantitative estimate of drug-likeness (QED) is 0.0262. The standard InChI is InChI=1S/C61H94O6/c1-4-7-10-13-15-17-19-21-23-25-27-28-29-30-31-32-34-35-37-39-41-43-45-48-51-54-60(63)66-57-58(56-65-59(62)53-50-47-12-9-6-3)67-61(64)55-52-49-46-44-42-40-38-36-33-26-24-22-20-18-16-14-11-8-5-2/h7-8,10-11,15-18,21-24,27-28,30-31,33-36,40,42,46,49,58H,4-6,9,12-14,19-20,25-26,29,32,37-39,41,43-45,47-48,50-57H2,1-3H3/b10-7-,11-8-,17-15-,18-16-,23-21-,24-22-,28-27-,31-30-,35-34-,36-33-,42-40-,49-46-. The van der Waals surface area contributed by atoms with E-state index < -0.39 is 12.1 Å². The first-order valence-electron chi connectivity index (χ1n) is 26.3. The summed E-state index contributed by atoms with van der Waals surface area (Å²) in [5.41, 5.74) is 0. The van der Waals surface area contributed by atoms with Crippen LogP contribution in [0, 0.1) is 0 Å². The van der Waals surface area contributed by atoms with Crippen LogP contribution >= 0.6 is 0 Å². The molecule has 0 aliphatic carbocycles. The van der Waals surface area contributed by atoms with Crippen LogP contribution in [-0.2, 0) is 28.6 Å². The largest absolute Gasteiger partial charge is 0.462 e. The molecule has 0 amide bonds. The van der Waals surface area contributed by atoms with E-state index in [-0.39, 0.29) is 31.6 Å². The Hall–Kier alpha value is -4.71. The highest BCUT2D eigenvalue weighted by Gasteiger charge is 2.19. The smallest absolute Gasteiger partial charge is 0.306 e. The number of ether oxygens (including phenoxy) is 3. The van der Waals surface area contributed by atoms with Gasteiger partial charge in [-0.05, 0) is 109 Å². The van der Waals surface area contributed by atoms with Crippen molar-refractivity contribution in [3.05, 3.63) is 146 Å². The predicted octanol–water partition coefficient (Wildman–Crippen LogP) is 17.6. The van der Waals surface area contributed by atoms with Crippen LogP contribution in [0.4, 0.5) is 0 Å². The van der Waals surface area contributed by atoms with Crippen molar-refractivity contribution in [2.45, 2.75) is 207 Å². The van der Waals surface area contributed by atoms with E-state index >= 15 is 0 Å². The highest BCUT2D eigenvalue weighted by molar-refractivity contribution is 5.71. The Kier molecular flexibility index (Phi) is 50.1. The molecular weight excluding hydrogens is 829 g/mol. The number of unbranched alkanes of at least 4 members (excludes halogenated alkanes) is 10. The molecule has 67 heavy (non-hydrogen) atoms. The molecule has 0 aromatic carbocycles. The Morgan fingerprint density at radius 3 is 0.970 bits per heavy atom. The monoisotopic (exact) mass is 923 g/mol. The van der Waals surface area contributed by atoms with Crippen LogP contribution in [0.5, 0.6) is 0 Å². The van der Waals surface area contributed by atoms with E-state index in [0.29, 0.717) is 19.3 Å². The average Bonchev–Trinajstić information content (AvgIpc) is 3.33. The van der Waals surface area contributed by atoms with Crippen molar-refractivity contribution in [1.29, 1.82) is 0 Å². The van der Waals surface area contributed by atoms with Gasteiger partial charge in [-0.3, -0.25) is 14.4 Å². The van der Waals surface area contributed by atoms with E-state index in [1.807, 2.05) is 12.2 Å². The predicted molar refractivity (Wildman–Crippen MR) is 288 cm³/mol. The molecule has 0 rings (SSSR count). The first-order chi connectivity index (χ1) is 33.0. The van der Waals surface area contributed by atoms with E-state index in [0.717, 1.165) is 141 Å². The number of hydrogen-bond donors (Lipinski definition) is 0. The van der Waals surface area contributed by atoms with Gasteiger partial charge < -0.3 is 14.2 Å². The van der Waals surface area contributed by atoms with E-state index in [9.17, 15) is 14.4 Å². The van der Waals surface area contributed by atoms with Crippen molar-refractivity contribution < 1.29 is 28.6 Å². The van der Waals surface area contributed by atoms with Crippen molar-refractivity contribution in [3.63, 3.8) is 0 Å². The van der Waals surface area contributed by atoms with Crippen molar-refractivity contribution in [2.75, 3.05) is 13.2 Å². The van der Waals surface area contributed by atoms with Crippen LogP contribution in [0.1, 0.15) is 201 Å². The van der Waals surface area contributed by atoms with Gasteiger partial charge in [0.15, 0.2) is 6.10 Å². The zero-order chi connectivity index (χ0) is 48.6. The summed E-state index contributed by atoms with van der Waals surface area (Å²) in [6.07, 6.45) is 77.4. The summed E-state index contributed by atoms with van der Waals surface area (Å²) in [6, 6.07) is 0. The van der Waals surface area contributed by atoms with Crippen molar-refractivity contribution in [2.24, 2.45) is 0 Å². The maximum absolute atomic E-state index is 12.7. The van der Waals surface area contributed by atoms with Gasteiger partial charge in [-0.2, -0.15) is 0 Å². The lowest BCUT2D eigenvalue weighted by atomic mass is 10.1. The van der Waals surface area contributed by atoms with E-state index in [1.165, 1.54) is 12.8 Å². The summed E-state index contributed by atoms with van der Waals surface area (Å²) in [4.78, 5) is 37.7. The molecule has 0 aliphatic heterocycles. The first kappa shape index (κ1) is 62.3. The fourth-order valence-corrected chi connectivity index (χ4v) is 6.47. The SMILES string of the molecule is CC/C=C\C/C=C\C/C=C\C/C=C\C/C=C\C/C=C\CCCCCCCCC(=O)OCC(COC(=O)CCCCCCC)OC(=O)CC/C=C\C/C=C\C/C=C\C/C=C\C/C=C\C/C=C\CC. The molecule has 0 spiro atoms. The van der Waals surface area contributed by atoms with Gasteiger partial charge >= 0.3 is 17.9 Å².